The van der Waals surface area contributed by atoms with Gasteiger partial charge >= 0.3 is 0 Å². The molecule has 0 bridgehead atoms. The maximum atomic E-state index is 4.47. The lowest BCUT2D eigenvalue weighted by Crippen LogP contribution is -2.28. The predicted molar refractivity (Wildman–Crippen MR) is 65.1 cm³/mol. The summed E-state index contributed by atoms with van der Waals surface area (Å²) < 4.78 is 0. The molecule has 0 amide bonds. The fourth-order valence-electron chi connectivity index (χ4n) is 1.87. The molecule has 0 aliphatic heterocycles. The monoisotopic (exact) mass is 224 g/mol. The zero-order chi connectivity index (χ0) is 10.7. The van der Waals surface area contributed by atoms with E-state index in [1.165, 1.54) is 30.7 Å². The third-order valence-corrected chi connectivity index (χ3v) is 3.98. The smallest absolute Gasteiger partial charge is 0.107 e. The van der Waals surface area contributed by atoms with Crippen molar-refractivity contribution in [1.82, 2.24) is 10.3 Å². The van der Waals surface area contributed by atoms with Gasteiger partial charge in [-0.2, -0.15) is 0 Å². The van der Waals surface area contributed by atoms with Crippen LogP contribution in [-0.4, -0.2) is 11.0 Å². The molecule has 1 atom stereocenters. The molecule has 1 aromatic rings. The van der Waals surface area contributed by atoms with Crippen LogP contribution in [0.3, 0.4) is 0 Å². The standard InChI is InChI=1S/C12H20N2S/c1-3-11(6-10-4-5-10)13-7-12-14-9(2)8-15-12/h8,10-11,13H,3-7H2,1-2H3. The van der Waals surface area contributed by atoms with Crippen molar-refractivity contribution in [2.75, 3.05) is 0 Å². The molecule has 1 saturated carbocycles. The number of nitrogens with zero attached hydrogens (tertiary/aromatic N) is 1. The van der Waals surface area contributed by atoms with E-state index in [4.69, 9.17) is 0 Å². The lowest BCUT2D eigenvalue weighted by molar-refractivity contribution is 0.444. The summed E-state index contributed by atoms with van der Waals surface area (Å²) in [6, 6.07) is 0.696. The van der Waals surface area contributed by atoms with Gasteiger partial charge in [-0.3, -0.25) is 0 Å². The molecule has 0 aromatic carbocycles. The van der Waals surface area contributed by atoms with E-state index in [9.17, 15) is 0 Å². The second kappa shape index (κ2) is 5.08. The fourth-order valence-corrected chi connectivity index (χ4v) is 2.59. The van der Waals surface area contributed by atoms with Crippen LogP contribution in [0.15, 0.2) is 5.38 Å². The van der Waals surface area contributed by atoms with E-state index >= 15 is 0 Å². The Balaban J connectivity index is 1.74. The average Bonchev–Trinajstić information content (AvgIpc) is 2.95. The van der Waals surface area contributed by atoms with Gasteiger partial charge in [0.25, 0.3) is 0 Å². The molecule has 1 aliphatic carbocycles. The molecule has 0 radical (unpaired) electrons. The predicted octanol–water partition coefficient (Wildman–Crippen LogP) is 3.12. The van der Waals surface area contributed by atoms with E-state index < -0.39 is 0 Å². The summed E-state index contributed by atoms with van der Waals surface area (Å²) in [6.45, 7) is 5.28. The van der Waals surface area contributed by atoms with Gasteiger partial charge in [0.05, 0.1) is 0 Å². The van der Waals surface area contributed by atoms with Crippen LogP contribution in [0.2, 0.25) is 0 Å². The molecular weight excluding hydrogens is 204 g/mol. The van der Waals surface area contributed by atoms with Crippen molar-refractivity contribution in [3.8, 4) is 0 Å². The maximum Gasteiger partial charge on any atom is 0.107 e. The van der Waals surface area contributed by atoms with Gasteiger partial charge in [0.2, 0.25) is 0 Å². The second-order valence-electron chi connectivity index (χ2n) is 4.55. The molecule has 1 fully saturated rings. The van der Waals surface area contributed by atoms with Gasteiger partial charge in [0.15, 0.2) is 0 Å². The number of aromatic nitrogens is 1. The van der Waals surface area contributed by atoms with Crippen molar-refractivity contribution < 1.29 is 0 Å². The quantitative estimate of drug-likeness (QED) is 0.803. The van der Waals surface area contributed by atoms with Crippen molar-refractivity contribution in [3.63, 3.8) is 0 Å². The molecule has 1 aliphatic rings. The largest absolute Gasteiger partial charge is 0.308 e. The molecule has 1 unspecified atom stereocenters. The summed E-state index contributed by atoms with van der Waals surface area (Å²) in [5.74, 6) is 1.01. The van der Waals surface area contributed by atoms with Crippen LogP contribution in [-0.2, 0) is 6.54 Å². The van der Waals surface area contributed by atoms with Crippen molar-refractivity contribution >= 4 is 11.3 Å². The van der Waals surface area contributed by atoms with E-state index in [0.29, 0.717) is 6.04 Å². The highest BCUT2D eigenvalue weighted by Crippen LogP contribution is 2.34. The van der Waals surface area contributed by atoms with Gasteiger partial charge in [0, 0.05) is 23.7 Å². The van der Waals surface area contributed by atoms with Crippen LogP contribution >= 0.6 is 11.3 Å². The zero-order valence-electron chi connectivity index (χ0n) is 9.62. The van der Waals surface area contributed by atoms with E-state index in [2.05, 4.69) is 29.5 Å². The third-order valence-electron chi connectivity index (χ3n) is 3.02. The third kappa shape index (κ3) is 3.58. The van der Waals surface area contributed by atoms with E-state index in [1.54, 1.807) is 11.3 Å². The Morgan fingerprint density at radius 2 is 2.40 bits per heavy atom. The van der Waals surface area contributed by atoms with Gasteiger partial charge in [-0.1, -0.05) is 19.8 Å². The average molecular weight is 224 g/mol. The summed E-state index contributed by atoms with van der Waals surface area (Å²) >= 11 is 1.76. The lowest BCUT2D eigenvalue weighted by Gasteiger charge is -2.15. The molecule has 84 valence electrons. The van der Waals surface area contributed by atoms with Crippen molar-refractivity contribution in [1.29, 1.82) is 0 Å². The van der Waals surface area contributed by atoms with Crippen LogP contribution < -0.4 is 5.32 Å². The lowest BCUT2D eigenvalue weighted by atomic mass is 10.1. The number of thiazole rings is 1. The number of aryl methyl sites for hydroxylation is 1. The van der Waals surface area contributed by atoms with Gasteiger partial charge in [-0.25, -0.2) is 4.98 Å². The molecule has 3 heteroatoms. The first-order valence-electron chi connectivity index (χ1n) is 5.92. The molecule has 15 heavy (non-hydrogen) atoms. The van der Waals surface area contributed by atoms with Crippen LogP contribution in [0.5, 0.6) is 0 Å². The van der Waals surface area contributed by atoms with E-state index in [1.807, 2.05) is 0 Å². The number of rotatable bonds is 6. The van der Waals surface area contributed by atoms with E-state index in [0.717, 1.165) is 18.2 Å². The Morgan fingerprint density at radius 1 is 1.60 bits per heavy atom. The molecule has 1 N–H and O–H groups in total. The first-order valence-corrected chi connectivity index (χ1v) is 6.80. The fraction of sp³-hybridized carbons (Fsp3) is 0.750. The van der Waals surface area contributed by atoms with Crippen molar-refractivity contribution in [2.45, 2.75) is 52.1 Å². The van der Waals surface area contributed by atoms with Crippen molar-refractivity contribution in [3.05, 3.63) is 16.1 Å². The number of hydrogen-bond donors (Lipinski definition) is 1. The molecule has 2 rings (SSSR count). The molecule has 1 heterocycles. The normalized spacial score (nSPS) is 18.0. The minimum atomic E-state index is 0.696. The molecule has 0 spiro atoms. The number of hydrogen-bond acceptors (Lipinski definition) is 3. The van der Waals surface area contributed by atoms with Crippen molar-refractivity contribution in [2.24, 2.45) is 5.92 Å². The highest BCUT2D eigenvalue weighted by Gasteiger charge is 2.24. The van der Waals surface area contributed by atoms with E-state index in [-0.39, 0.29) is 0 Å². The minimum absolute atomic E-state index is 0.696. The van der Waals surface area contributed by atoms with Gasteiger partial charge in [-0.05, 0) is 25.7 Å². The Bertz CT molecular complexity index is 304. The van der Waals surface area contributed by atoms with Crippen LogP contribution in [0, 0.1) is 12.8 Å². The summed E-state index contributed by atoms with van der Waals surface area (Å²) in [5, 5.41) is 6.97. The summed E-state index contributed by atoms with van der Waals surface area (Å²) in [6.07, 6.45) is 5.50. The second-order valence-corrected chi connectivity index (χ2v) is 5.49. The Morgan fingerprint density at radius 3 is 2.93 bits per heavy atom. The first-order chi connectivity index (χ1) is 7.28. The Labute approximate surface area is 96.1 Å². The highest BCUT2D eigenvalue weighted by atomic mass is 32.1. The molecule has 0 saturated heterocycles. The zero-order valence-corrected chi connectivity index (χ0v) is 10.4. The highest BCUT2D eigenvalue weighted by molar-refractivity contribution is 7.09. The Kier molecular flexibility index (Phi) is 3.76. The topological polar surface area (TPSA) is 24.9 Å². The minimum Gasteiger partial charge on any atom is -0.308 e. The van der Waals surface area contributed by atoms with Crippen LogP contribution in [0.25, 0.3) is 0 Å². The van der Waals surface area contributed by atoms with Gasteiger partial charge in [0.1, 0.15) is 5.01 Å². The SMILES string of the molecule is CCC(CC1CC1)NCc1nc(C)cs1. The summed E-state index contributed by atoms with van der Waals surface area (Å²) in [5.41, 5.74) is 1.15. The molecule has 2 nitrogen and oxygen atoms in total. The summed E-state index contributed by atoms with van der Waals surface area (Å²) in [4.78, 5) is 4.47. The van der Waals surface area contributed by atoms with Gasteiger partial charge < -0.3 is 5.32 Å². The molecular formula is C12H20N2S. The Hall–Kier alpha value is -0.410. The molecule has 1 aromatic heterocycles. The number of nitrogens with one attached hydrogen (secondary N) is 1. The van der Waals surface area contributed by atoms with Gasteiger partial charge in [-0.15, -0.1) is 11.3 Å². The summed E-state index contributed by atoms with van der Waals surface area (Å²) in [7, 11) is 0. The van der Waals surface area contributed by atoms with Crippen LogP contribution in [0.1, 0.15) is 43.3 Å². The first kappa shape index (κ1) is 11.1. The maximum absolute atomic E-state index is 4.47. The van der Waals surface area contributed by atoms with Crippen LogP contribution in [0.4, 0.5) is 0 Å².